The molecule has 0 aromatic heterocycles. The number of phosphoric acid groups is 2. The van der Waals surface area contributed by atoms with Crippen molar-refractivity contribution >= 4 is 39.5 Å². The first-order valence-electron chi connectivity index (χ1n) is 38.5. The zero-order valence-corrected chi connectivity index (χ0v) is 62.3. The zero-order chi connectivity index (χ0) is 68.6. The van der Waals surface area contributed by atoms with Crippen molar-refractivity contribution in [3.63, 3.8) is 0 Å². The number of carbonyl (C=O) groups is 4. The van der Waals surface area contributed by atoms with Crippen LogP contribution in [0.1, 0.15) is 382 Å². The normalized spacial score (nSPS) is 14.1. The van der Waals surface area contributed by atoms with Crippen molar-refractivity contribution in [1.82, 2.24) is 0 Å². The Kier molecular flexibility index (Phi) is 64.6. The highest BCUT2D eigenvalue weighted by atomic mass is 31.2. The zero-order valence-electron chi connectivity index (χ0n) is 60.6. The molecular formula is C74H144O17P2. The van der Waals surface area contributed by atoms with Crippen LogP contribution >= 0.6 is 15.6 Å². The number of phosphoric ester groups is 2. The highest BCUT2D eigenvalue weighted by Crippen LogP contribution is 2.45. The molecule has 0 saturated heterocycles. The van der Waals surface area contributed by atoms with Gasteiger partial charge in [0.25, 0.3) is 0 Å². The number of aliphatic hydroxyl groups excluding tert-OH is 1. The molecule has 0 spiro atoms. The number of carbonyl (C=O) groups excluding carboxylic acids is 4. The van der Waals surface area contributed by atoms with E-state index in [9.17, 15) is 43.2 Å². The monoisotopic (exact) mass is 1370 g/mol. The van der Waals surface area contributed by atoms with Crippen LogP contribution in [0.2, 0.25) is 0 Å². The maximum absolute atomic E-state index is 13.1. The number of hydrogen-bond donors (Lipinski definition) is 3. The van der Waals surface area contributed by atoms with E-state index >= 15 is 0 Å². The third kappa shape index (κ3) is 68.4. The number of ether oxygens (including phenoxy) is 4. The van der Waals surface area contributed by atoms with E-state index in [0.717, 1.165) is 102 Å². The third-order valence-corrected chi connectivity index (χ3v) is 19.1. The van der Waals surface area contributed by atoms with Gasteiger partial charge in [-0.25, -0.2) is 9.13 Å². The van der Waals surface area contributed by atoms with Crippen molar-refractivity contribution in [3.8, 4) is 0 Å². The summed E-state index contributed by atoms with van der Waals surface area (Å²) >= 11 is 0. The van der Waals surface area contributed by atoms with E-state index in [4.69, 9.17) is 37.0 Å². The van der Waals surface area contributed by atoms with Crippen LogP contribution in [-0.4, -0.2) is 96.7 Å². The summed E-state index contributed by atoms with van der Waals surface area (Å²) in [6.07, 6.45) is 52.9. The van der Waals surface area contributed by atoms with E-state index in [1.807, 2.05) is 0 Å². The second kappa shape index (κ2) is 66.0. The minimum absolute atomic E-state index is 0.105. The van der Waals surface area contributed by atoms with E-state index in [2.05, 4.69) is 41.5 Å². The Bertz CT molecular complexity index is 1800. The summed E-state index contributed by atoms with van der Waals surface area (Å²) in [6, 6.07) is 0. The average molecular weight is 1370 g/mol. The van der Waals surface area contributed by atoms with Gasteiger partial charge >= 0.3 is 39.5 Å². The standard InChI is InChI=1S/C74H144O17P2/c1-7-9-11-13-15-17-19-26-30-34-37-44-50-56-71(76)84-62-69(90-74(79)59-53-47-39-35-31-28-25-23-21-20-22-24-27-29-32-36-42-48-54-66(3)4)64-88-92(80,81)86-60-68(75)61-87-93(82,83)89-65-70(63-85-72(77)57-51-45-41-40-43-49-55-67(5)6)91-73(78)58-52-46-38-33-18-16-14-12-10-8-2/h66-70,75H,7-65H2,1-6H3,(H,80,81)(H,82,83)/t68-,69-,70-/m1/s1. The summed E-state index contributed by atoms with van der Waals surface area (Å²) < 4.78 is 68.3. The molecule has 0 saturated carbocycles. The summed E-state index contributed by atoms with van der Waals surface area (Å²) in [5.41, 5.74) is 0. The molecular weight excluding hydrogens is 1220 g/mol. The first-order valence-corrected chi connectivity index (χ1v) is 41.5. The molecule has 93 heavy (non-hydrogen) atoms. The molecule has 0 aliphatic carbocycles. The largest absolute Gasteiger partial charge is 0.472 e. The van der Waals surface area contributed by atoms with E-state index in [1.165, 1.54) is 193 Å². The molecule has 5 atom stereocenters. The second-order valence-corrected chi connectivity index (χ2v) is 30.5. The summed E-state index contributed by atoms with van der Waals surface area (Å²) in [6.45, 7) is 9.52. The van der Waals surface area contributed by atoms with E-state index in [0.29, 0.717) is 31.6 Å². The molecule has 19 heteroatoms. The van der Waals surface area contributed by atoms with Crippen molar-refractivity contribution < 1.29 is 80.2 Å². The Morgan fingerprint density at radius 2 is 0.495 bits per heavy atom. The first-order chi connectivity index (χ1) is 44.9. The smallest absolute Gasteiger partial charge is 0.462 e. The van der Waals surface area contributed by atoms with Gasteiger partial charge < -0.3 is 33.8 Å². The fourth-order valence-electron chi connectivity index (χ4n) is 11.3. The predicted molar refractivity (Wildman–Crippen MR) is 377 cm³/mol. The van der Waals surface area contributed by atoms with Crippen LogP contribution < -0.4 is 0 Å². The molecule has 0 aromatic carbocycles. The quantitative estimate of drug-likeness (QED) is 0.0222. The van der Waals surface area contributed by atoms with Gasteiger partial charge in [-0.05, 0) is 37.5 Å². The van der Waals surface area contributed by atoms with Crippen molar-refractivity contribution in [2.45, 2.75) is 400 Å². The Balaban J connectivity index is 5.17. The lowest BCUT2D eigenvalue weighted by Crippen LogP contribution is -2.30. The summed E-state index contributed by atoms with van der Waals surface area (Å²) in [4.78, 5) is 72.6. The fourth-order valence-corrected chi connectivity index (χ4v) is 12.9. The van der Waals surface area contributed by atoms with Gasteiger partial charge in [0.05, 0.1) is 26.4 Å². The van der Waals surface area contributed by atoms with Crippen LogP contribution in [0, 0.1) is 11.8 Å². The van der Waals surface area contributed by atoms with Crippen LogP contribution in [0.25, 0.3) is 0 Å². The number of aliphatic hydroxyl groups is 1. The Morgan fingerprint density at radius 3 is 0.731 bits per heavy atom. The SMILES string of the molecule is CCCCCCCCCCCCCCCC(=O)OC[C@H](COP(=O)(O)OC[C@@H](O)COP(=O)(O)OC[C@@H](COC(=O)CCCCCCCCC(C)C)OC(=O)CCCCCCCCCCCC)OC(=O)CCCCCCCCCCCCCCCCCCCCC(C)C. The lowest BCUT2D eigenvalue weighted by Gasteiger charge is -2.21. The van der Waals surface area contributed by atoms with Crippen molar-refractivity contribution in [2.24, 2.45) is 11.8 Å². The van der Waals surface area contributed by atoms with Crippen LogP contribution in [-0.2, 0) is 65.4 Å². The van der Waals surface area contributed by atoms with Gasteiger partial charge in [0.15, 0.2) is 12.2 Å². The van der Waals surface area contributed by atoms with E-state index < -0.39 is 97.5 Å². The number of rotatable bonds is 73. The molecule has 0 aromatic rings. The molecule has 0 heterocycles. The number of esters is 4. The molecule has 0 aliphatic heterocycles. The fraction of sp³-hybridized carbons (Fsp3) is 0.946. The Labute approximate surface area is 568 Å². The summed E-state index contributed by atoms with van der Waals surface area (Å²) in [5, 5.41) is 10.6. The molecule has 0 rings (SSSR count). The molecule has 552 valence electrons. The number of unbranched alkanes of at least 4 members (excludes halogenated alkanes) is 43. The van der Waals surface area contributed by atoms with E-state index in [-0.39, 0.29) is 25.7 Å². The molecule has 0 fully saturated rings. The maximum Gasteiger partial charge on any atom is 0.472 e. The van der Waals surface area contributed by atoms with Crippen LogP contribution in [0.4, 0.5) is 0 Å². The Hall–Kier alpha value is -1.94. The topological polar surface area (TPSA) is 237 Å². The summed E-state index contributed by atoms with van der Waals surface area (Å²) in [5.74, 6) is -0.620. The van der Waals surface area contributed by atoms with Gasteiger partial charge in [-0.2, -0.15) is 0 Å². The highest BCUT2D eigenvalue weighted by Gasteiger charge is 2.30. The second-order valence-electron chi connectivity index (χ2n) is 27.6. The lowest BCUT2D eigenvalue weighted by molar-refractivity contribution is -0.161. The molecule has 17 nitrogen and oxygen atoms in total. The minimum atomic E-state index is -4.95. The summed E-state index contributed by atoms with van der Waals surface area (Å²) in [7, 11) is -9.90. The van der Waals surface area contributed by atoms with Crippen LogP contribution in [0.5, 0.6) is 0 Å². The predicted octanol–water partition coefficient (Wildman–Crippen LogP) is 21.6. The van der Waals surface area contributed by atoms with Gasteiger partial charge in [0.2, 0.25) is 0 Å². The van der Waals surface area contributed by atoms with Gasteiger partial charge in [-0.15, -0.1) is 0 Å². The van der Waals surface area contributed by atoms with Gasteiger partial charge in [-0.3, -0.25) is 37.3 Å². The highest BCUT2D eigenvalue weighted by molar-refractivity contribution is 7.47. The molecule has 3 N–H and O–H groups in total. The van der Waals surface area contributed by atoms with Crippen LogP contribution in [0.3, 0.4) is 0 Å². The average Bonchev–Trinajstić information content (AvgIpc) is 1.71. The molecule has 2 unspecified atom stereocenters. The van der Waals surface area contributed by atoms with Crippen molar-refractivity contribution in [3.05, 3.63) is 0 Å². The molecule has 0 amide bonds. The van der Waals surface area contributed by atoms with Crippen molar-refractivity contribution in [2.75, 3.05) is 39.6 Å². The number of hydrogen-bond acceptors (Lipinski definition) is 15. The molecule has 0 bridgehead atoms. The molecule has 0 aliphatic rings. The van der Waals surface area contributed by atoms with Gasteiger partial charge in [-0.1, -0.05) is 330 Å². The molecule has 0 radical (unpaired) electrons. The first kappa shape index (κ1) is 91.1. The third-order valence-electron chi connectivity index (χ3n) is 17.2. The lowest BCUT2D eigenvalue weighted by atomic mass is 10.0. The van der Waals surface area contributed by atoms with Gasteiger partial charge in [0.1, 0.15) is 19.3 Å². The van der Waals surface area contributed by atoms with Crippen molar-refractivity contribution in [1.29, 1.82) is 0 Å². The van der Waals surface area contributed by atoms with Gasteiger partial charge in [0, 0.05) is 25.7 Å². The maximum atomic E-state index is 13.1. The van der Waals surface area contributed by atoms with E-state index in [1.54, 1.807) is 0 Å². The van der Waals surface area contributed by atoms with Crippen LogP contribution in [0.15, 0.2) is 0 Å². The minimum Gasteiger partial charge on any atom is -0.462 e. The Morgan fingerprint density at radius 1 is 0.290 bits per heavy atom.